The quantitative estimate of drug-likeness (QED) is 0.765. The molecular formula is C15H11BrN2O3. The third-order valence-corrected chi connectivity index (χ3v) is 3.96. The van der Waals surface area contributed by atoms with Gasteiger partial charge in [0.1, 0.15) is 11.2 Å². The molecule has 0 radical (unpaired) electrons. The van der Waals surface area contributed by atoms with Crippen LogP contribution in [0.15, 0.2) is 51.9 Å². The molecule has 1 aromatic carbocycles. The molecule has 106 valence electrons. The van der Waals surface area contributed by atoms with Gasteiger partial charge in [-0.15, -0.1) is 0 Å². The maximum atomic E-state index is 12.1. The number of aromatic carboxylic acids is 1. The lowest BCUT2D eigenvalue weighted by Crippen LogP contribution is -2.15. The van der Waals surface area contributed by atoms with Gasteiger partial charge in [0.25, 0.3) is 5.56 Å². The Balaban J connectivity index is 2.29. The Hall–Kier alpha value is -2.34. The molecule has 0 atom stereocenters. The molecule has 0 saturated carbocycles. The number of nitrogens with zero attached hydrogens (tertiary/aromatic N) is 1. The fourth-order valence-electron chi connectivity index (χ4n) is 2.36. The van der Waals surface area contributed by atoms with Crippen molar-refractivity contribution >= 4 is 32.8 Å². The van der Waals surface area contributed by atoms with Crippen molar-refractivity contribution < 1.29 is 9.90 Å². The first-order valence-corrected chi connectivity index (χ1v) is 7.05. The maximum absolute atomic E-state index is 12.1. The summed E-state index contributed by atoms with van der Waals surface area (Å²) in [5.41, 5.74) is 1.06. The van der Waals surface area contributed by atoms with E-state index in [1.165, 1.54) is 16.8 Å². The van der Waals surface area contributed by atoms with Gasteiger partial charge in [0.2, 0.25) is 0 Å². The van der Waals surface area contributed by atoms with Crippen LogP contribution in [0.25, 0.3) is 10.9 Å². The van der Waals surface area contributed by atoms with E-state index in [9.17, 15) is 14.7 Å². The zero-order chi connectivity index (χ0) is 15.0. The van der Waals surface area contributed by atoms with E-state index in [-0.39, 0.29) is 11.3 Å². The Labute approximate surface area is 128 Å². The Morgan fingerprint density at radius 1 is 1.29 bits per heavy atom. The van der Waals surface area contributed by atoms with E-state index in [1.54, 1.807) is 0 Å². The first kappa shape index (κ1) is 13.6. The minimum atomic E-state index is -1.06. The summed E-state index contributed by atoms with van der Waals surface area (Å²) < 4.78 is 2.18. The molecule has 2 N–H and O–H groups in total. The Morgan fingerprint density at radius 3 is 2.67 bits per heavy atom. The molecule has 3 aromatic rings. The van der Waals surface area contributed by atoms with E-state index < -0.39 is 5.97 Å². The zero-order valence-electron chi connectivity index (χ0n) is 10.8. The topological polar surface area (TPSA) is 75.1 Å². The predicted molar refractivity (Wildman–Crippen MR) is 82.8 cm³/mol. The van der Waals surface area contributed by atoms with Gasteiger partial charge in [0.05, 0.1) is 0 Å². The second kappa shape index (κ2) is 5.21. The molecule has 0 saturated heterocycles. The number of rotatable bonds is 3. The van der Waals surface area contributed by atoms with Crippen LogP contribution in [0.3, 0.4) is 0 Å². The highest BCUT2D eigenvalue weighted by Gasteiger charge is 2.18. The number of aromatic amines is 1. The van der Waals surface area contributed by atoms with Gasteiger partial charge >= 0.3 is 5.97 Å². The van der Waals surface area contributed by atoms with E-state index in [1.807, 2.05) is 30.3 Å². The van der Waals surface area contributed by atoms with Crippen LogP contribution in [0.5, 0.6) is 0 Å². The van der Waals surface area contributed by atoms with Crippen molar-refractivity contribution in [3.8, 4) is 0 Å². The molecule has 2 heterocycles. The fraction of sp³-hybridized carbons (Fsp3) is 0.0667. The van der Waals surface area contributed by atoms with Crippen LogP contribution in [-0.2, 0) is 6.54 Å². The number of benzene rings is 1. The highest BCUT2D eigenvalue weighted by Crippen LogP contribution is 2.25. The number of pyridine rings is 1. The molecular weight excluding hydrogens is 336 g/mol. The highest BCUT2D eigenvalue weighted by molar-refractivity contribution is 9.10. The molecule has 2 aromatic heterocycles. The Bertz CT molecular complexity index is 881. The van der Waals surface area contributed by atoms with Crippen molar-refractivity contribution in [1.29, 1.82) is 0 Å². The van der Waals surface area contributed by atoms with Crippen molar-refractivity contribution in [2.75, 3.05) is 0 Å². The number of halogens is 1. The number of fused-ring (bicyclic) bond motifs is 1. The molecule has 0 fully saturated rings. The van der Waals surface area contributed by atoms with Crippen molar-refractivity contribution in [3.05, 3.63) is 68.7 Å². The molecule has 0 amide bonds. The smallest absolute Gasteiger partial charge is 0.352 e. The number of carboxylic acids is 1. The van der Waals surface area contributed by atoms with Crippen LogP contribution in [-0.4, -0.2) is 20.6 Å². The summed E-state index contributed by atoms with van der Waals surface area (Å²) in [5.74, 6) is -1.06. The molecule has 6 heteroatoms. The van der Waals surface area contributed by atoms with E-state index in [0.29, 0.717) is 21.9 Å². The minimum Gasteiger partial charge on any atom is -0.477 e. The Morgan fingerprint density at radius 2 is 2.00 bits per heavy atom. The SMILES string of the molecule is O=C(O)c1cc2c(Br)c[nH]c(=O)c2n1Cc1ccccc1. The lowest BCUT2D eigenvalue weighted by Gasteiger charge is -2.08. The molecule has 5 nitrogen and oxygen atoms in total. The van der Waals surface area contributed by atoms with Gasteiger partial charge in [-0.25, -0.2) is 4.79 Å². The van der Waals surface area contributed by atoms with Crippen LogP contribution in [0, 0.1) is 0 Å². The van der Waals surface area contributed by atoms with Gasteiger partial charge in [0, 0.05) is 22.6 Å². The third kappa shape index (κ3) is 2.38. The summed E-state index contributed by atoms with van der Waals surface area (Å²) in [6, 6.07) is 10.9. The summed E-state index contributed by atoms with van der Waals surface area (Å²) in [5, 5.41) is 9.97. The fourth-order valence-corrected chi connectivity index (χ4v) is 2.77. The normalized spacial score (nSPS) is 10.9. The number of hydrogen-bond acceptors (Lipinski definition) is 2. The van der Waals surface area contributed by atoms with E-state index in [2.05, 4.69) is 20.9 Å². The van der Waals surface area contributed by atoms with Crippen LogP contribution in [0.2, 0.25) is 0 Å². The van der Waals surface area contributed by atoms with Gasteiger partial charge in [-0.05, 0) is 27.6 Å². The van der Waals surface area contributed by atoms with Crippen molar-refractivity contribution in [2.24, 2.45) is 0 Å². The molecule has 0 aliphatic rings. The number of aromatic nitrogens is 2. The van der Waals surface area contributed by atoms with Gasteiger partial charge in [-0.1, -0.05) is 30.3 Å². The van der Waals surface area contributed by atoms with Gasteiger partial charge < -0.3 is 14.7 Å². The van der Waals surface area contributed by atoms with Crippen LogP contribution >= 0.6 is 15.9 Å². The van der Waals surface area contributed by atoms with Crippen LogP contribution in [0.4, 0.5) is 0 Å². The largest absolute Gasteiger partial charge is 0.477 e. The van der Waals surface area contributed by atoms with Gasteiger partial charge in [-0.2, -0.15) is 0 Å². The van der Waals surface area contributed by atoms with Crippen molar-refractivity contribution in [2.45, 2.75) is 6.54 Å². The first-order chi connectivity index (χ1) is 10.1. The highest BCUT2D eigenvalue weighted by atomic mass is 79.9. The van der Waals surface area contributed by atoms with Crippen LogP contribution in [0.1, 0.15) is 16.1 Å². The van der Waals surface area contributed by atoms with Gasteiger partial charge in [0.15, 0.2) is 0 Å². The average Bonchev–Trinajstić information content (AvgIpc) is 2.85. The van der Waals surface area contributed by atoms with Gasteiger partial charge in [-0.3, -0.25) is 4.79 Å². The van der Waals surface area contributed by atoms with Crippen LogP contribution < -0.4 is 5.56 Å². The molecule has 0 aliphatic carbocycles. The van der Waals surface area contributed by atoms with Crippen molar-refractivity contribution in [1.82, 2.24) is 9.55 Å². The maximum Gasteiger partial charge on any atom is 0.352 e. The molecule has 0 aliphatic heterocycles. The average molecular weight is 347 g/mol. The molecule has 0 unspecified atom stereocenters. The number of nitrogens with one attached hydrogen (secondary N) is 1. The summed E-state index contributed by atoms with van der Waals surface area (Å²) in [6.45, 7) is 0.325. The summed E-state index contributed by atoms with van der Waals surface area (Å²) >= 11 is 3.34. The monoisotopic (exact) mass is 346 g/mol. The predicted octanol–water partition coefficient (Wildman–Crippen LogP) is 2.84. The summed E-state index contributed by atoms with van der Waals surface area (Å²) in [7, 11) is 0. The third-order valence-electron chi connectivity index (χ3n) is 3.30. The minimum absolute atomic E-state index is 0.0891. The number of carbonyl (C=O) groups is 1. The number of hydrogen-bond donors (Lipinski definition) is 2. The molecule has 0 spiro atoms. The Kier molecular flexibility index (Phi) is 3.39. The molecule has 3 rings (SSSR count). The molecule has 21 heavy (non-hydrogen) atoms. The lowest BCUT2D eigenvalue weighted by atomic mass is 10.2. The first-order valence-electron chi connectivity index (χ1n) is 6.25. The standard InChI is InChI=1S/C15H11BrN2O3/c16-11-7-17-14(19)13-10(11)6-12(15(20)21)18(13)8-9-4-2-1-3-5-9/h1-7H,8H2,(H,17,19)(H,20,21). The lowest BCUT2D eigenvalue weighted by molar-refractivity contribution is 0.0686. The van der Waals surface area contributed by atoms with E-state index in [4.69, 9.17) is 0 Å². The van der Waals surface area contributed by atoms with E-state index >= 15 is 0 Å². The number of H-pyrrole nitrogens is 1. The zero-order valence-corrected chi connectivity index (χ0v) is 12.4. The van der Waals surface area contributed by atoms with E-state index in [0.717, 1.165) is 5.56 Å². The summed E-state index contributed by atoms with van der Waals surface area (Å²) in [6.07, 6.45) is 1.52. The molecule has 0 bridgehead atoms. The second-order valence-electron chi connectivity index (χ2n) is 4.63. The number of carboxylic acid groups (broad SMARTS) is 1. The van der Waals surface area contributed by atoms with Crippen molar-refractivity contribution in [3.63, 3.8) is 0 Å². The summed E-state index contributed by atoms with van der Waals surface area (Å²) in [4.78, 5) is 26.1. The second-order valence-corrected chi connectivity index (χ2v) is 5.49.